The lowest BCUT2D eigenvalue weighted by Gasteiger charge is -2.24. The maximum atomic E-state index is 3.27. The summed E-state index contributed by atoms with van der Waals surface area (Å²) in [5, 5.41) is 3.27. The second-order valence-electron chi connectivity index (χ2n) is 6.58. The highest BCUT2D eigenvalue weighted by atomic mass is 15.2. The molecule has 0 heterocycles. The van der Waals surface area contributed by atoms with Crippen LogP contribution in [0, 0.1) is 0 Å². The quantitative estimate of drug-likeness (QED) is 0.439. The summed E-state index contributed by atoms with van der Waals surface area (Å²) in [6.07, 6.45) is 12.8. The van der Waals surface area contributed by atoms with Crippen LogP contribution in [0.25, 0.3) is 0 Å². The first kappa shape index (κ1) is 20.9. The molecule has 0 unspecified atom stereocenters. The van der Waals surface area contributed by atoms with E-state index in [2.05, 4.69) is 36.1 Å². The van der Waals surface area contributed by atoms with Gasteiger partial charge in [0.1, 0.15) is 0 Å². The molecule has 0 aliphatic rings. The molecule has 0 fully saturated rings. The van der Waals surface area contributed by atoms with Crippen LogP contribution in [-0.2, 0) is 0 Å². The Morgan fingerprint density at radius 3 is 1.76 bits per heavy atom. The van der Waals surface area contributed by atoms with Crippen LogP contribution in [-0.4, -0.2) is 63.7 Å². The van der Waals surface area contributed by atoms with Crippen LogP contribution < -0.4 is 5.32 Å². The molecule has 0 saturated carbocycles. The summed E-state index contributed by atoms with van der Waals surface area (Å²) in [6.45, 7) is 8.21. The van der Waals surface area contributed by atoms with Crippen LogP contribution in [0.1, 0.15) is 64.7 Å². The van der Waals surface area contributed by atoms with Gasteiger partial charge in [-0.15, -0.1) is 0 Å². The van der Waals surface area contributed by atoms with Crippen molar-refractivity contribution >= 4 is 0 Å². The second-order valence-corrected chi connectivity index (χ2v) is 6.58. The summed E-state index contributed by atoms with van der Waals surface area (Å²) in [7, 11) is 6.37. The summed E-state index contributed by atoms with van der Waals surface area (Å²) in [4.78, 5) is 4.89. The molecule has 0 aliphatic heterocycles. The molecule has 1 N–H and O–H groups in total. The van der Waals surface area contributed by atoms with Crippen molar-refractivity contribution in [3.8, 4) is 0 Å². The van der Waals surface area contributed by atoms with Gasteiger partial charge in [0.25, 0.3) is 0 Å². The zero-order valence-corrected chi connectivity index (χ0v) is 15.3. The topological polar surface area (TPSA) is 18.5 Å². The van der Waals surface area contributed by atoms with Crippen molar-refractivity contribution in [1.29, 1.82) is 0 Å². The minimum absolute atomic E-state index is 1.10. The van der Waals surface area contributed by atoms with Gasteiger partial charge in [0.2, 0.25) is 0 Å². The average Bonchev–Trinajstić information content (AvgIpc) is 2.47. The third kappa shape index (κ3) is 16.1. The van der Waals surface area contributed by atoms with Crippen LogP contribution in [0.3, 0.4) is 0 Å². The molecule has 0 atom stereocenters. The normalized spacial score (nSPS) is 11.7. The predicted octanol–water partition coefficient (Wildman–Crippen LogP) is 3.60. The fourth-order valence-electron chi connectivity index (χ4n) is 2.59. The molecule has 0 spiro atoms. The van der Waals surface area contributed by atoms with Gasteiger partial charge in [-0.3, -0.25) is 0 Å². The van der Waals surface area contributed by atoms with E-state index in [1.54, 1.807) is 0 Å². The zero-order chi connectivity index (χ0) is 15.8. The van der Waals surface area contributed by atoms with Crippen LogP contribution in [0.5, 0.6) is 0 Å². The maximum absolute atomic E-state index is 3.27. The number of unbranched alkanes of at least 4 members (excludes halogenated alkanes) is 8. The van der Waals surface area contributed by atoms with E-state index in [9.17, 15) is 0 Å². The smallest absolute Gasteiger partial charge is 0.0110 e. The Hall–Kier alpha value is -0.120. The van der Waals surface area contributed by atoms with E-state index >= 15 is 0 Å². The van der Waals surface area contributed by atoms with Gasteiger partial charge in [-0.25, -0.2) is 0 Å². The third-order valence-electron chi connectivity index (χ3n) is 4.12. The van der Waals surface area contributed by atoms with E-state index in [1.807, 2.05) is 7.05 Å². The van der Waals surface area contributed by atoms with Gasteiger partial charge in [0, 0.05) is 26.2 Å². The van der Waals surface area contributed by atoms with Crippen LogP contribution in [0.15, 0.2) is 0 Å². The monoisotopic (exact) mass is 299 g/mol. The predicted molar refractivity (Wildman–Crippen MR) is 96.1 cm³/mol. The summed E-state index contributed by atoms with van der Waals surface area (Å²) in [5.74, 6) is 0. The molecule has 0 aromatic rings. The summed E-state index contributed by atoms with van der Waals surface area (Å²) < 4.78 is 0. The Labute approximate surface area is 134 Å². The maximum Gasteiger partial charge on any atom is 0.0110 e. The third-order valence-corrected chi connectivity index (χ3v) is 4.12. The van der Waals surface area contributed by atoms with Crippen molar-refractivity contribution in [2.45, 2.75) is 64.7 Å². The fourth-order valence-corrected chi connectivity index (χ4v) is 2.59. The lowest BCUT2D eigenvalue weighted by Crippen LogP contribution is -2.36. The lowest BCUT2D eigenvalue weighted by atomic mass is 10.1. The molecule has 0 radical (unpaired) electrons. The first-order valence-electron chi connectivity index (χ1n) is 9.22. The van der Waals surface area contributed by atoms with Crippen molar-refractivity contribution in [1.82, 2.24) is 15.1 Å². The standard InChI is InChI=1S/C18H41N3/c1-5-6-7-8-9-10-11-12-13-15-21(16-14-19-2)18-17-20(3)4/h19H,5-18H2,1-4H3. The van der Waals surface area contributed by atoms with Crippen molar-refractivity contribution in [2.24, 2.45) is 0 Å². The van der Waals surface area contributed by atoms with E-state index in [-0.39, 0.29) is 0 Å². The number of hydrogen-bond acceptors (Lipinski definition) is 3. The van der Waals surface area contributed by atoms with E-state index in [4.69, 9.17) is 0 Å². The lowest BCUT2D eigenvalue weighted by molar-refractivity contribution is 0.237. The summed E-state index contributed by atoms with van der Waals surface area (Å²) in [6, 6.07) is 0. The molecule has 0 aromatic carbocycles. The molecule has 0 rings (SSSR count). The van der Waals surface area contributed by atoms with Gasteiger partial charge in [-0.05, 0) is 34.1 Å². The molecule has 0 bridgehead atoms. The molecule has 128 valence electrons. The highest BCUT2D eigenvalue weighted by molar-refractivity contribution is 4.61. The number of nitrogens with one attached hydrogen (secondary N) is 1. The highest BCUT2D eigenvalue weighted by Gasteiger charge is 2.04. The van der Waals surface area contributed by atoms with E-state index in [1.165, 1.54) is 84.0 Å². The minimum Gasteiger partial charge on any atom is -0.318 e. The Kier molecular flexibility index (Phi) is 16.2. The van der Waals surface area contributed by atoms with Crippen LogP contribution in [0.4, 0.5) is 0 Å². The van der Waals surface area contributed by atoms with E-state index in [0.717, 1.165) is 6.54 Å². The van der Waals surface area contributed by atoms with Crippen molar-refractivity contribution < 1.29 is 0 Å². The zero-order valence-electron chi connectivity index (χ0n) is 15.3. The minimum atomic E-state index is 1.10. The van der Waals surface area contributed by atoms with Gasteiger partial charge in [0.05, 0.1) is 0 Å². The van der Waals surface area contributed by atoms with Gasteiger partial charge in [-0.2, -0.15) is 0 Å². The molecular weight excluding hydrogens is 258 g/mol. The SMILES string of the molecule is CCCCCCCCCCCN(CCNC)CCN(C)C. The Morgan fingerprint density at radius 2 is 1.24 bits per heavy atom. The van der Waals surface area contributed by atoms with Crippen LogP contribution in [0.2, 0.25) is 0 Å². The summed E-state index contributed by atoms with van der Waals surface area (Å²) >= 11 is 0. The second kappa shape index (κ2) is 16.3. The van der Waals surface area contributed by atoms with Crippen molar-refractivity contribution in [3.63, 3.8) is 0 Å². The molecule has 3 nitrogen and oxygen atoms in total. The van der Waals surface area contributed by atoms with E-state index < -0.39 is 0 Å². The number of rotatable bonds is 16. The number of hydrogen-bond donors (Lipinski definition) is 1. The summed E-state index contributed by atoms with van der Waals surface area (Å²) in [5.41, 5.74) is 0. The van der Waals surface area contributed by atoms with Gasteiger partial charge < -0.3 is 15.1 Å². The average molecular weight is 300 g/mol. The number of nitrogens with zero attached hydrogens (tertiary/aromatic N) is 2. The molecular formula is C18H41N3. The Bertz CT molecular complexity index is 195. The largest absolute Gasteiger partial charge is 0.318 e. The fraction of sp³-hybridized carbons (Fsp3) is 1.00. The Morgan fingerprint density at radius 1 is 0.667 bits per heavy atom. The number of likely N-dealkylation sites (N-methyl/N-ethyl adjacent to an activating group) is 2. The van der Waals surface area contributed by atoms with Gasteiger partial charge in [-0.1, -0.05) is 58.3 Å². The molecule has 0 saturated heterocycles. The van der Waals surface area contributed by atoms with Crippen molar-refractivity contribution in [2.75, 3.05) is 53.9 Å². The highest BCUT2D eigenvalue weighted by Crippen LogP contribution is 2.09. The molecule has 0 amide bonds. The van der Waals surface area contributed by atoms with Crippen molar-refractivity contribution in [3.05, 3.63) is 0 Å². The molecule has 3 heteroatoms. The first-order chi connectivity index (χ1) is 10.2. The van der Waals surface area contributed by atoms with Gasteiger partial charge >= 0.3 is 0 Å². The first-order valence-corrected chi connectivity index (χ1v) is 9.22. The Balaban J connectivity index is 3.48. The molecule has 0 aliphatic carbocycles. The van der Waals surface area contributed by atoms with E-state index in [0.29, 0.717) is 0 Å². The van der Waals surface area contributed by atoms with Gasteiger partial charge in [0.15, 0.2) is 0 Å². The molecule has 21 heavy (non-hydrogen) atoms. The van der Waals surface area contributed by atoms with Crippen LogP contribution >= 0.6 is 0 Å². The molecule has 0 aromatic heterocycles.